The van der Waals surface area contributed by atoms with E-state index in [1.54, 1.807) is 13.1 Å². The highest BCUT2D eigenvalue weighted by Crippen LogP contribution is 2.21. The summed E-state index contributed by atoms with van der Waals surface area (Å²) < 4.78 is 0. The Labute approximate surface area is 127 Å². The lowest BCUT2D eigenvalue weighted by molar-refractivity contribution is 0.154. The molecule has 0 bridgehead atoms. The molecule has 0 amide bonds. The second-order valence-electron chi connectivity index (χ2n) is 5.29. The normalized spacial score (nSPS) is 18.0. The number of H-pyrrole nitrogens is 1. The van der Waals surface area contributed by atoms with Crippen molar-refractivity contribution < 1.29 is 5.11 Å². The molecule has 3 rings (SSSR count). The highest BCUT2D eigenvalue weighted by molar-refractivity contribution is 5.60. The smallest absolute Gasteiger partial charge is 0.230 e. The van der Waals surface area contributed by atoms with Crippen molar-refractivity contribution in [3.63, 3.8) is 0 Å². The Balaban J connectivity index is 1.81. The molecule has 8 nitrogen and oxygen atoms in total. The quantitative estimate of drug-likeness (QED) is 0.777. The molecule has 1 fully saturated rings. The van der Waals surface area contributed by atoms with Crippen molar-refractivity contribution in [1.29, 1.82) is 5.26 Å². The molecule has 0 saturated carbocycles. The molecule has 22 heavy (non-hydrogen) atoms. The fraction of sp³-hybridized carbons (Fsp3) is 0.429. The van der Waals surface area contributed by atoms with Gasteiger partial charge in [0, 0.05) is 19.3 Å². The highest BCUT2D eigenvalue weighted by atomic mass is 16.3. The van der Waals surface area contributed by atoms with E-state index >= 15 is 0 Å². The number of nitrogens with one attached hydrogen (secondary N) is 2. The van der Waals surface area contributed by atoms with Gasteiger partial charge in [-0.25, -0.2) is 4.98 Å². The minimum absolute atomic E-state index is 0.320. The monoisotopic (exact) mass is 299 g/mol. The second kappa shape index (κ2) is 5.99. The lowest BCUT2D eigenvalue weighted by Crippen LogP contribution is -2.38. The molecule has 1 aliphatic heterocycles. The number of aliphatic hydroxyl groups is 1. The van der Waals surface area contributed by atoms with Crippen molar-refractivity contribution in [3.8, 4) is 6.07 Å². The topological polar surface area (TPSA) is 114 Å². The van der Waals surface area contributed by atoms with Crippen LogP contribution in [0.3, 0.4) is 0 Å². The molecule has 1 aliphatic rings. The Morgan fingerprint density at radius 1 is 1.55 bits per heavy atom. The molecule has 1 unspecified atom stereocenters. The van der Waals surface area contributed by atoms with E-state index in [9.17, 15) is 5.11 Å². The van der Waals surface area contributed by atoms with Gasteiger partial charge in [0.25, 0.3) is 0 Å². The van der Waals surface area contributed by atoms with Crippen molar-refractivity contribution in [3.05, 3.63) is 23.5 Å². The zero-order valence-electron chi connectivity index (χ0n) is 12.2. The third-order valence-electron chi connectivity index (χ3n) is 3.65. The van der Waals surface area contributed by atoms with Gasteiger partial charge in [-0.3, -0.25) is 5.10 Å². The molecule has 1 saturated heterocycles. The molecule has 0 radical (unpaired) electrons. The highest BCUT2D eigenvalue weighted by Gasteiger charge is 2.19. The zero-order valence-corrected chi connectivity index (χ0v) is 12.2. The third kappa shape index (κ3) is 2.84. The summed E-state index contributed by atoms with van der Waals surface area (Å²) in [7, 11) is 0. The third-order valence-corrected chi connectivity index (χ3v) is 3.65. The first-order valence-corrected chi connectivity index (χ1v) is 7.15. The van der Waals surface area contributed by atoms with E-state index in [-0.39, 0.29) is 6.10 Å². The van der Waals surface area contributed by atoms with Gasteiger partial charge in [0.15, 0.2) is 5.82 Å². The molecular formula is C14H17N7O. The molecule has 0 aromatic carbocycles. The maximum absolute atomic E-state index is 9.77. The van der Waals surface area contributed by atoms with Gasteiger partial charge in [-0.05, 0) is 25.8 Å². The number of nitriles is 1. The predicted octanol–water partition coefficient (Wildman–Crippen LogP) is 1.08. The van der Waals surface area contributed by atoms with Crippen molar-refractivity contribution in [2.45, 2.75) is 25.9 Å². The SMILES string of the molecule is Cc1[nH]nc(Nc2nccc(N3CCCC(O)C3)n2)c1C#N. The number of anilines is 3. The van der Waals surface area contributed by atoms with Gasteiger partial charge in [-0.15, -0.1) is 0 Å². The Kier molecular flexibility index (Phi) is 3.89. The number of aliphatic hydroxyl groups excluding tert-OH is 1. The lowest BCUT2D eigenvalue weighted by atomic mass is 10.1. The Morgan fingerprint density at radius 3 is 3.18 bits per heavy atom. The van der Waals surface area contributed by atoms with E-state index in [2.05, 4.69) is 31.6 Å². The molecule has 2 aromatic heterocycles. The first-order valence-electron chi connectivity index (χ1n) is 7.15. The van der Waals surface area contributed by atoms with Crippen LogP contribution in [0, 0.1) is 18.3 Å². The van der Waals surface area contributed by atoms with Crippen LogP contribution in [0.25, 0.3) is 0 Å². The first kappa shape index (κ1) is 14.3. The van der Waals surface area contributed by atoms with Gasteiger partial charge in [0.05, 0.1) is 11.8 Å². The summed E-state index contributed by atoms with van der Waals surface area (Å²) in [4.78, 5) is 10.6. The number of hydrogen-bond acceptors (Lipinski definition) is 7. The fourth-order valence-corrected chi connectivity index (χ4v) is 2.51. The van der Waals surface area contributed by atoms with Gasteiger partial charge in [-0.2, -0.15) is 15.3 Å². The number of piperidine rings is 1. The number of aryl methyl sites for hydroxylation is 1. The molecule has 3 heterocycles. The summed E-state index contributed by atoms with van der Waals surface area (Å²) in [5, 5.41) is 28.7. The number of nitrogens with zero attached hydrogens (tertiary/aromatic N) is 5. The second-order valence-corrected chi connectivity index (χ2v) is 5.29. The van der Waals surface area contributed by atoms with E-state index in [4.69, 9.17) is 5.26 Å². The standard InChI is InChI=1S/C14H17N7O/c1-9-11(7-15)13(20-19-9)18-14-16-5-4-12(17-14)21-6-2-3-10(22)8-21/h4-5,10,22H,2-3,6,8H2,1H3,(H2,16,17,18,19,20). The van der Waals surface area contributed by atoms with Crippen molar-refractivity contribution >= 4 is 17.6 Å². The predicted molar refractivity (Wildman–Crippen MR) is 80.8 cm³/mol. The van der Waals surface area contributed by atoms with E-state index in [1.165, 1.54) is 0 Å². The van der Waals surface area contributed by atoms with Crippen molar-refractivity contribution in [1.82, 2.24) is 20.2 Å². The van der Waals surface area contributed by atoms with Gasteiger partial charge in [0.1, 0.15) is 17.5 Å². The molecule has 3 N–H and O–H groups in total. The molecule has 8 heteroatoms. The van der Waals surface area contributed by atoms with Gasteiger partial charge < -0.3 is 15.3 Å². The van der Waals surface area contributed by atoms with Crippen LogP contribution in [0.5, 0.6) is 0 Å². The largest absolute Gasteiger partial charge is 0.391 e. The summed E-state index contributed by atoms with van der Waals surface area (Å²) in [5.41, 5.74) is 1.14. The van der Waals surface area contributed by atoms with Gasteiger partial charge >= 0.3 is 0 Å². The van der Waals surface area contributed by atoms with E-state index < -0.39 is 0 Å². The van der Waals surface area contributed by atoms with Crippen LogP contribution in [0.15, 0.2) is 12.3 Å². The number of rotatable bonds is 3. The molecular weight excluding hydrogens is 282 g/mol. The van der Waals surface area contributed by atoms with Crippen LogP contribution >= 0.6 is 0 Å². The summed E-state index contributed by atoms with van der Waals surface area (Å²) in [5.74, 6) is 1.54. The van der Waals surface area contributed by atoms with E-state index in [1.807, 2.05) is 11.0 Å². The Hall–Kier alpha value is -2.66. The average molecular weight is 299 g/mol. The average Bonchev–Trinajstić information content (AvgIpc) is 2.87. The van der Waals surface area contributed by atoms with Crippen LogP contribution in [0.2, 0.25) is 0 Å². The van der Waals surface area contributed by atoms with Gasteiger partial charge in [0.2, 0.25) is 5.95 Å². The van der Waals surface area contributed by atoms with E-state index in [0.29, 0.717) is 29.6 Å². The van der Waals surface area contributed by atoms with E-state index in [0.717, 1.165) is 25.2 Å². The fourth-order valence-electron chi connectivity index (χ4n) is 2.51. The summed E-state index contributed by atoms with van der Waals surface area (Å²) in [6.07, 6.45) is 3.09. The van der Waals surface area contributed by atoms with Crippen molar-refractivity contribution in [2.75, 3.05) is 23.3 Å². The summed E-state index contributed by atoms with van der Waals surface area (Å²) in [6.45, 7) is 3.21. The molecule has 114 valence electrons. The lowest BCUT2D eigenvalue weighted by Gasteiger charge is -2.30. The first-order chi connectivity index (χ1) is 10.7. The minimum Gasteiger partial charge on any atom is -0.391 e. The van der Waals surface area contributed by atoms with Crippen LogP contribution in [-0.4, -0.2) is 44.5 Å². The molecule has 0 spiro atoms. The number of hydrogen-bond donors (Lipinski definition) is 3. The van der Waals surface area contributed by atoms with Crippen LogP contribution in [-0.2, 0) is 0 Å². The summed E-state index contributed by atoms with van der Waals surface area (Å²) >= 11 is 0. The maximum Gasteiger partial charge on any atom is 0.230 e. The Morgan fingerprint density at radius 2 is 2.41 bits per heavy atom. The number of aromatic nitrogens is 4. The number of aromatic amines is 1. The molecule has 1 atom stereocenters. The van der Waals surface area contributed by atoms with Crippen molar-refractivity contribution in [2.24, 2.45) is 0 Å². The molecule has 0 aliphatic carbocycles. The summed E-state index contributed by atoms with van der Waals surface area (Å²) in [6, 6.07) is 3.90. The molecule has 2 aromatic rings. The minimum atomic E-state index is -0.320. The Bertz CT molecular complexity index is 705. The maximum atomic E-state index is 9.77. The van der Waals surface area contributed by atoms with Crippen LogP contribution in [0.1, 0.15) is 24.1 Å². The van der Waals surface area contributed by atoms with Crippen LogP contribution in [0.4, 0.5) is 17.6 Å². The van der Waals surface area contributed by atoms with Gasteiger partial charge in [-0.1, -0.05) is 0 Å². The van der Waals surface area contributed by atoms with Crippen LogP contribution < -0.4 is 10.2 Å². The zero-order chi connectivity index (χ0) is 15.5. The number of β-amino-alcohol motifs (C(OH)–C–C–N with tert-alkyl or cyclic N) is 1.